The number of nitro benzene ring substituents is 1. The number of carbonyl (C=O) groups excluding carboxylic acids is 1. The molecule has 0 saturated heterocycles. The molecule has 0 fully saturated rings. The highest BCUT2D eigenvalue weighted by Crippen LogP contribution is 2.19. The summed E-state index contributed by atoms with van der Waals surface area (Å²) in [4.78, 5) is 34.2. The molecule has 0 atom stereocenters. The number of carbonyl (C=O) groups is 1. The number of nitro groups is 1. The Kier molecular flexibility index (Phi) is 3.71. The number of halogens is 1. The van der Waals surface area contributed by atoms with Crippen LogP contribution in [0.5, 0.6) is 0 Å². The maximum absolute atomic E-state index is 12.3. The van der Waals surface area contributed by atoms with Crippen LogP contribution in [0.15, 0.2) is 51.7 Å². The molecule has 1 aromatic heterocycles. The zero-order valence-electron chi connectivity index (χ0n) is 11.6. The molecule has 0 aliphatic rings. The monoisotopic (exact) mass is 332 g/mol. The highest BCUT2D eigenvalue weighted by Gasteiger charge is 2.15. The second kappa shape index (κ2) is 5.69. The van der Waals surface area contributed by atoms with Gasteiger partial charge in [0.2, 0.25) is 0 Å². The van der Waals surface area contributed by atoms with Crippen LogP contribution in [0.25, 0.3) is 11.1 Å². The van der Waals surface area contributed by atoms with E-state index < -0.39 is 10.7 Å². The first kappa shape index (κ1) is 15.0. The Bertz CT molecular complexity index is 972. The van der Waals surface area contributed by atoms with E-state index in [9.17, 15) is 19.7 Å². The van der Waals surface area contributed by atoms with Gasteiger partial charge in [0.05, 0.1) is 17.0 Å². The van der Waals surface area contributed by atoms with Gasteiger partial charge in [-0.1, -0.05) is 11.6 Å². The summed E-state index contributed by atoms with van der Waals surface area (Å²) in [6.45, 7) is -0.231. The van der Waals surface area contributed by atoms with Crippen LogP contribution in [0.2, 0.25) is 5.02 Å². The van der Waals surface area contributed by atoms with Crippen LogP contribution >= 0.6 is 11.6 Å². The highest BCUT2D eigenvalue weighted by molar-refractivity contribution is 6.31. The van der Waals surface area contributed by atoms with Crippen molar-refractivity contribution in [3.05, 3.63) is 73.7 Å². The molecule has 3 rings (SSSR count). The van der Waals surface area contributed by atoms with E-state index in [2.05, 4.69) is 0 Å². The first-order chi connectivity index (χ1) is 11.0. The van der Waals surface area contributed by atoms with Gasteiger partial charge in [0, 0.05) is 28.8 Å². The molecule has 0 radical (unpaired) electrons. The van der Waals surface area contributed by atoms with Gasteiger partial charge in [-0.3, -0.25) is 19.5 Å². The molecular weight excluding hydrogens is 324 g/mol. The predicted molar refractivity (Wildman–Crippen MR) is 82.9 cm³/mol. The average Bonchev–Trinajstić information content (AvgIpc) is 2.82. The normalized spacial score (nSPS) is 10.8. The molecule has 116 valence electrons. The molecule has 8 heteroatoms. The van der Waals surface area contributed by atoms with Crippen LogP contribution in [0.3, 0.4) is 0 Å². The third-order valence-electron chi connectivity index (χ3n) is 3.33. The van der Waals surface area contributed by atoms with Crippen LogP contribution in [0, 0.1) is 10.1 Å². The fourth-order valence-electron chi connectivity index (χ4n) is 2.19. The number of nitrogens with zero attached hydrogens (tertiary/aromatic N) is 2. The lowest BCUT2D eigenvalue weighted by molar-refractivity contribution is -0.384. The molecule has 0 saturated carbocycles. The first-order valence-corrected chi connectivity index (χ1v) is 6.90. The second-order valence-electron chi connectivity index (χ2n) is 4.79. The van der Waals surface area contributed by atoms with E-state index in [0.717, 1.165) is 0 Å². The molecule has 0 spiro atoms. The smallest absolute Gasteiger partial charge is 0.408 e. The molecule has 23 heavy (non-hydrogen) atoms. The summed E-state index contributed by atoms with van der Waals surface area (Å²) in [6.07, 6.45) is 0. The first-order valence-electron chi connectivity index (χ1n) is 6.52. The lowest BCUT2D eigenvalue weighted by Gasteiger charge is -2.02. The Morgan fingerprint density at radius 3 is 2.57 bits per heavy atom. The van der Waals surface area contributed by atoms with Crippen LogP contribution in [-0.2, 0) is 6.54 Å². The minimum absolute atomic E-state index is 0.109. The van der Waals surface area contributed by atoms with Crippen molar-refractivity contribution in [1.82, 2.24) is 4.57 Å². The van der Waals surface area contributed by atoms with E-state index in [4.69, 9.17) is 16.0 Å². The second-order valence-corrected chi connectivity index (χ2v) is 5.23. The minimum atomic E-state index is -0.669. The number of fused-ring (bicyclic) bond motifs is 1. The molecule has 1 heterocycles. The molecule has 0 amide bonds. The van der Waals surface area contributed by atoms with E-state index in [0.29, 0.717) is 16.1 Å². The Balaban J connectivity index is 1.92. The van der Waals surface area contributed by atoms with Gasteiger partial charge in [0.25, 0.3) is 5.69 Å². The fraction of sp³-hybridized carbons (Fsp3) is 0.0667. The minimum Gasteiger partial charge on any atom is -0.408 e. The van der Waals surface area contributed by atoms with Crippen molar-refractivity contribution in [1.29, 1.82) is 0 Å². The van der Waals surface area contributed by atoms with Crippen molar-refractivity contribution in [2.24, 2.45) is 0 Å². The topological polar surface area (TPSA) is 95.3 Å². The lowest BCUT2D eigenvalue weighted by Crippen LogP contribution is -2.20. The van der Waals surface area contributed by atoms with E-state index >= 15 is 0 Å². The number of oxazole rings is 1. The van der Waals surface area contributed by atoms with Gasteiger partial charge in [0.15, 0.2) is 11.4 Å². The van der Waals surface area contributed by atoms with Crippen LogP contribution in [0.1, 0.15) is 10.4 Å². The summed E-state index contributed by atoms with van der Waals surface area (Å²) in [6, 6.07) is 9.85. The van der Waals surface area contributed by atoms with Crippen molar-refractivity contribution in [2.45, 2.75) is 6.54 Å². The number of Topliss-reactive ketones (excluding diaryl/α,β-unsaturated/α-hetero) is 1. The SMILES string of the molecule is O=C(Cn1c(=O)oc2cc(Cl)ccc21)c1ccc([N+](=O)[O-])cc1. The summed E-state index contributed by atoms with van der Waals surface area (Å²) in [5.41, 5.74) is 0.904. The number of benzene rings is 2. The van der Waals surface area contributed by atoms with E-state index in [1.165, 1.54) is 34.9 Å². The summed E-state index contributed by atoms with van der Waals surface area (Å²) in [5, 5.41) is 11.0. The Labute approximate surface area is 133 Å². The van der Waals surface area contributed by atoms with Crippen LogP contribution < -0.4 is 5.76 Å². The zero-order chi connectivity index (χ0) is 16.6. The summed E-state index contributed by atoms with van der Waals surface area (Å²) >= 11 is 5.83. The molecule has 2 aromatic carbocycles. The predicted octanol–water partition coefficient (Wildman–Crippen LogP) is 3.04. The van der Waals surface area contributed by atoms with Crippen molar-refractivity contribution in [3.8, 4) is 0 Å². The van der Waals surface area contributed by atoms with E-state index in [-0.39, 0.29) is 23.6 Å². The maximum Gasteiger partial charge on any atom is 0.420 e. The Morgan fingerprint density at radius 2 is 1.91 bits per heavy atom. The average molecular weight is 333 g/mol. The van der Waals surface area contributed by atoms with Crippen LogP contribution in [0.4, 0.5) is 5.69 Å². The number of non-ortho nitro benzene ring substituents is 1. The number of hydrogen-bond donors (Lipinski definition) is 0. The van der Waals surface area contributed by atoms with Crippen molar-refractivity contribution in [3.63, 3.8) is 0 Å². The van der Waals surface area contributed by atoms with E-state index in [1.807, 2.05) is 0 Å². The molecule has 0 unspecified atom stereocenters. The van der Waals surface area contributed by atoms with Gasteiger partial charge >= 0.3 is 5.76 Å². The van der Waals surface area contributed by atoms with Crippen LogP contribution in [-0.4, -0.2) is 15.3 Å². The largest absolute Gasteiger partial charge is 0.420 e. The standard InChI is InChI=1S/C15H9ClN2O5/c16-10-3-6-12-14(7-10)23-15(20)17(12)8-13(19)9-1-4-11(5-2-9)18(21)22/h1-7H,8H2. The summed E-state index contributed by atoms with van der Waals surface area (Å²) in [7, 11) is 0. The van der Waals surface area contributed by atoms with Gasteiger partial charge in [-0.15, -0.1) is 0 Å². The molecule has 7 nitrogen and oxygen atoms in total. The van der Waals surface area contributed by atoms with Gasteiger partial charge in [0.1, 0.15) is 0 Å². The van der Waals surface area contributed by atoms with Crippen molar-refractivity contribution >= 4 is 34.2 Å². The lowest BCUT2D eigenvalue weighted by atomic mass is 10.1. The third-order valence-corrected chi connectivity index (χ3v) is 3.57. The fourth-order valence-corrected chi connectivity index (χ4v) is 2.36. The quantitative estimate of drug-likeness (QED) is 0.415. The number of rotatable bonds is 4. The molecular formula is C15H9ClN2O5. The number of hydrogen-bond acceptors (Lipinski definition) is 5. The summed E-state index contributed by atoms with van der Waals surface area (Å²) in [5.74, 6) is -1.03. The highest BCUT2D eigenvalue weighted by atomic mass is 35.5. The number of ketones is 1. The van der Waals surface area contributed by atoms with E-state index in [1.54, 1.807) is 12.1 Å². The van der Waals surface area contributed by atoms with Gasteiger partial charge < -0.3 is 4.42 Å². The molecule has 0 N–H and O–H groups in total. The van der Waals surface area contributed by atoms with Gasteiger partial charge in [-0.25, -0.2) is 4.79 Å². The molecule has 0 aliphatic carbocycles. The van der Waals surface area contributed by atoms with Gasteiger partial charge in [-0.2, -0.15) is 0 Å². The van der Waals surface area contributed by atoms with Crippen molar-refractivity contribution < 1.29 is 14.1 Å². The number of aromatic nitrogens is 1. The Morgan fingerprint density at radius 1 is 1.22 bits per heavy atom. The molecule has 0 aliphatic heterocycles. The van der Waals surface area contributed by atoms with Gasteiger partial charge in [-0.05, 0) is 24.3 Å². The molecule has 3 aromatic rings. The summed E-state index contributed by atoms with van der Waals surface area (Å²) < 4.78 is 6.24. The molecule has 0 bridgehead atoms. The third kappa shape index (κ3) is 2.86. The zero-order valence-corrected chi connectivity index (χ0v) is 12.3. The Hall–Kier alpha value is -2.93. The van der Waals surface area contributed by atoms with Crippen molar-refractivity contribution in [2.75, 3.05) is 0 Å². The maximum atomic E-state index is 12.3.